The van der Waals surface area contributed by atoms with Crippen LogP contribution in [0.1, 0.15) is 48.5 Å². The Bertz CT molecular complexity index is 737. The van der Waals surface area contributed by atoms with Crippen molar-refractivity contribution >= 4 is 0 Å². The maximum absolute atomic E-state index is 6.11. The van der Waals surface area contributed by atoms with Crippen molar-refractivity contribution in [1.82, 2.24) is 15.1 Å². The molecule has 0 N–H and O–H groups in total. The Labute approximate surface area is 129 Å². The molecule has 5 rings (SSSR count). The van der Waals surface area contributed by atoms with E-state index in [2.05, 4.69) is 17.1 Å². The number of fused-ring (bicyclic) bond motifs is 2. The van der Waals surface area contributed by atoms with Gasteiger partial charge in [-0.15, -0.1) is 0 Å². The molecule has 5 nitrogen and oxygen atoms in total. The van der Waals surface area contributed by atoms with Crippen molar-refractivity contribution in [3.63, 3.8) is 0 Å². The van der Waals surface area contributed by atoms with Gasteiger partial charge in [0.25, 0.3) is 0 Å². The highest BCUT2D eigenvalue weighted by Crippen LogP contribution is 2.71. The Kier molecular flexibility index (Phi) is 2.41. The van der Waals surface area contributed by atoms with E-state index in [4.69, 9.17) is 14.2 Å². The van der Waals surface area contributed by atoms with Crippen LogP contribution in [-0.2, 0) is 16.6 Å². The summed E-state index contributed by atoms with van der Waals surface area (Å²) in [5.74, 6) is 2.15. The zero-order chi connectivity index (χ0) is 14.8. The number of aromatic nitrogens is 3. The minimum absolute atomic E-state index is 0.00564. The molecule has 5 heteroatoms. The third-order valence-corrected chi connectivity index (χ3v) is 5.99. The van der Waals surface area contributed by atoms with Gasteiger partial charge >= 0.3 is 0 Å². The summed E-state index contributed by atoms with van der Waals surface area (Å²) in [5, 5.41) is 4.22. The zero-order valence-corrected chi connectivity index (χ0v) is 12.7. The van der Waals surface area contributed by atoms with Gasteiger partial charge in [-0.2, -0.15) is 4.98 Å². The summed E-state index contributed by atoms with van der Waals surface area (Å²) in [5.41, 5.74) is 2.40. The summed E-state index contributed by atoms with van der Waals surface area (Å²) in [4.78, 5) is 8.92. The fraction of sp³-hybridized carbons (Fsp3) is 0.588. The molecular weight excluding hydrogens is 278 g/mol. The van der Waals surface area contributed by atoms with Gasteiger partial charge in [0.2, 0.25) is 5.89 Å². The molecule has 0 amide bonds. The third kappa shape index (κ3) is 1.50. The van der Waals surface area contributed by atoms with E-state index in [1.165, 1.54) is 12.0 Å². The highest BCUT2D eigenvalue weighted by molar-refractivity contribution is 5.35. The predicted octanol–water partition coefficient (Wildman–Crippen LogP) is 2.57. The van der Waals surface area contributed by atoms with Crippen LogP contribution < -0.4 is 0 Å². The van der Waals surface area contributed by atoms with Gasteiger partial charge in [0.15, 0.2) is 5.82 Å². The van der Waals surface area contributed by atoms with Crippen LogP contribution in [-0.4, -0.2) is 27.3 Å². The van der Waals surface area contributed by atoms with Gasteiger partial charge < -0.3 is 9.26 Å². The summed E-state index contributed by atoms with van der Waals surface area (Å²) in [6, 6.07) is 2.01. The molecule has 2 saturated carbocycles. The summed E-state index contributed by atoms with van der Waals surface area (Å²) < 4.78 is 11.8. The van der Waals surface area contributed by atoms with Crippen molar-refractivity contribution < 1.29 is 9.26 Å². The molecule has 3 fully saturated rings. The lowest BCUT2D eigenvalue weighted by Gasteiger charge is -2.43. The van der Waals surface area contributed by atoms with Crippen LogP contribution in [0.4, 0.5) is 0 Å². The Hall–Kier alpha value is -1.75. The molecular formula is C17H19N3O2. The van der Waals surface area contributed by atoms with Crippen LogP contribution in [0.25, 0.3) is 0 Å². The Morgan fingerprint density at radius 1 is 1.36 bits per heavy atom. The first kappa shape index (κ1) is 12.8. The molecule has 114 valence electrons. The first-order valence-electron chi connectivity index (χ1n) is 8.10. The van der Waals surface area contributed by atoms with Crippen LogP contribution >= 0.6 is 0 Å². The number of nitrogens with zero attached hydrogens (tertiary/aromatic N) is 3. The average Bonchev–Trinajstić information content (AvgIpc) is 2.89. The minimum Gasteiger partial charge on any atom is -0.374 e. The molecule has 2 aliphatic carbocycles. The van der Waals surface area contributed by atoms with Crippen molar-refractivity contribution in [3.05, 3.63) is 41.3 Å². The van der Waals surface area contributed by atoms with E-state index in [1.807, 2.05) is 18.5 Å². The molecule has 0 bridgehead atoms. The number of rotatable bonds is 3. The van der Waals surface area contributed by atoms with Crippen LogP contribution in [0, 0.1) is 12.8 Å². The van der Waals surface area contributed by atoms with E-state index < -0.39 is 0 Å². The van der Waals surface area contributed by atoms with Gasteiger partial charge in [-0.25, -0.2) is 0 Å². The fourth-order valence-corrected chi connectivity index (χ4v) is 4.38. The van der Waals surface area contributed by atoms with Crippen molar-refractivity contribution in [2.75, 3.05) is 6.61 Å². The standard InChI is InChI=1S/C17H19N3O2/c1-11-3-6-18-9-12(11)7-14-19-15(22-20-14)17-8-13(17)10-21-16(17)4-2-5-16/h3,6,9,13H,2,4-5,7-8,10H2,1H3/t13-,17-/m0/s1. The van der Waals surface area contributed by atoms with E-state index in [9.17, 15) is 0 Å². The first-order valence-corrected chi connectivity index (χ1v) is 8.10. The molecule has 2 atom stereocenters. The fourth-order valence-electron chi connectivity index (χ4n) is 4.38. The molecule has 1 aliphatic heterocycles. The van der Waals surface area contributed by atoms with E-state index in [0.717, 1.165) is 43.1 Å². The number of aryl methyl sites for hydroxylation is 1. The summed E-state index contributed by atoms with van der Waals surface area (Å²) >= 11 is 0. The SMILES string of the molecule is Cc1ccncc1Cc1noc([C@]23C[C@H]2COC32CCC2)n1. The summed E-state index contributed by atoms with van der Waals surface area (Å²) in [6.45, 7) is 2.95. The smallest absolute Gasteiger partial charge is 0.236 e. The van der Waals surface area contributed by atoms with Crippen LogP contribution in [0.3, 0.4) is 0 Å². The van der Waals surface area contributed by atoms with Gasteiger partial charge in [-0.3, -0.25) is 4.98 Å². The van der Waals surface area contributed by atoms with E-state index in [0.29, 0.717) is 12.3 Å². The monoisotopic (exact) mass is 297 g/mol. The van der Waals surface area contributed by atoms with Gasteiger partial charge in [0.1, 0.15) is 0 Å². The van der Waals surface area contributed by atoms with Crippen molar-refractivity contribution in [1.29, 1.82) is 0 Å². The molecule has 3 aliphatic rings. The Morgan fingerprint density at radius 3 is 3.00 bits per heavy atom. The lowest BCUT2D eigenvalue weighted by molar-refractivity contribution is -0.0960. The lowest BCUT2D eigenvalue weighted by atomic mass is 9.68. The van der Waals surface area contributed by atoms with Crippen LogP contribution in [0.15, 0.2) is 23.0 Å². The molecule has 22 heavy (non-hydrogen) atoms. The second-order valence-corrected chi connectivity index (χ2v) is 7.03. The maximum Gasteiger partial charge on any atom is 0.236 e. The molecule has 2 aromatic heterocycles. The van der Waals surface area contributed by atoms with Crippen LogP contribution in [0.5, 0.6) is 0 Å². The topological polar surface area (TPSA) is 61.0 Å². The number of hydrogen-bond acceptors (Lipinski definition) is 5. The quantitative estimate of drug-likeness (QED) is 0.871. The number of hydrogen-bond donors (Lipinski definition) is 0. The lowest BCUT2D eigenvalue weighted by Crippen LogP contribution is -2.48. The van der Waals surface area contributed by atoms with Crippen LogP contribution in [0.2, 0.25) is 0 Å². The molecule has 1 spiro atoms. The molecule has 0 aromatic carbocycles. The summed E-state index contributed by atoms with van der Waals surface area (Å²) in [7, 11) is 0. The molecule has 2 aromatic rings. The van der Waals surface area contributed by atoms with E-state index >= 15 is 0 Å². The largest absolute Gasteiger partial charge is 0.374 e. The molecule has 0 unspecified atom stereocenters. The second-order valence-electron chi connectivity index (χ2n) is 7.03. The normalized spacial score (nSPS) is 31.0. The third-order valence-electron chi connectivity index (χ3n) is 5.99. The molecule has 3 heterocycles. The minimum atomic E-state index is 0.00564. The van der Waals surface area contributed by atoms with E-state index in [-0.39, 0.29) is 11.0 Å². The van der Waals surface area contributed by atoms with Gasteiger partial charge in [0, 0.05) is 24.7 Å². The summed E-state index contributed by atoms with van der Waals surface area (Å²) in [6.07, 6.45) is 9.06. The first-order chi connectivity index (χ1) is 10.7. The highest BCUT2D eigenvalue weighted by atomic mass is 16.5. The van der Waals surface area contributed by atoms with Gasteiger partial charge in [-0.05, 0) is 49.8 Å². The zero-order valence-electron chi connectivity index (χ0n) is 12.7. The van der Waals surface area contributed by atoms with Crippen molar-refractivity contribution in [3.8, 4) is 0 Å². The van der Waals surface area contributed by atoms with Crippen molar-refractivity contribution in [2.24, 2.45) is 5.92 Å². The van der Waals surface area contributed by atoms with Gasteiger partial charge in [0.05, 0.1) is 17.6 Å². The van der Waals surface area contributed by atoms with Gasteiger partial charge in [-0.1, -0.05) is 5.16 Å². The highest BCUT2D eigenvalue weighted by Gasteiger charge is 2.77. The number of ether oxygens (including phenoxy) is 1. The van der Waals surface area contributed by atoms with Crippen molar-refractivity contribution in [2.45, 2.75) is 50.0 Å². The Balaban J connectivity index is 1.45. The predicted molar refractivity (Wildman–Crippen MR) is 78.4 cm³/mol. The van der Waals surface area contributed by atoms with E-state index in [1.54, 1.807) is 0 Å². The maximum atomic E-state index is 6.11. The molecule has 0 radical (unpaired) electrons. The second kappa shape index (κ2) is 4.16. The average molecular weight is 297 g/mol. The number of pyridine rings is 1. The molecule has 1 saturated heterocycles. The Morgan fingerprint density at radius 2 is 2.27 bits per heavy atom.